The summed E-state index contributed by atoms with van der Waals surface area (Å²) in [5, 5.41) is 9.63. The maximum Gasteiger partial charge on any atom is 0.309 e. The van der Waals surface area contributed by atoms with E-state index in [2.05, 4.69) is 71.8 Å². The van der Waals surface area contributed by atoms with Gasteiger partial charge >= 0.3 is 11.9 Å². The van der Waals surface area contributed by atoms with Gasteiger partial charge in [-0.25, -0.2) is 0 Å². The lowest BCUT2D eigenvalue weighted by atomic mass is 9.32. The smallest absolute Gasteiger partial charge is 0.309 e. The maximum atomic E-state index is 14.5. The number of allylic oxidation sites excluding steroid dienone is 1. The van der Waals surface area contributed by atoms with E-state index in [4.69, 9.17) is 4.74 Å². The summed E-state index contributed by atoms with van der Waals surface area (Å²) in [5.74, 6) is 1.73. The fourth-order valence-corrected chi connectivity index (χ4v) is 14.9. The molecule has 1 amide bonds. The third-order valence-corrected chi connectivity index (χ3v) is 18.2. The fourth-order valence-electron chi connectivity index (χ4n) is 14.9. The molecule has 0 unspecified atom stereocenters. The van der Waals surface area contributed by atoms with Crippen molar-refractivity contribution in [3.05, 3.63) is 12.2 Å². The number of hydrogen-bond donors (Lipinski definition) is 1. The molecule has 6 rings (SSSR count). The van der Waals surface area contributed by atoms with E-state index in [0.29, 0.717) is 41.5 Å². The molecule has 6 fully saturated rings. The Labute approximate surface area is 322 Å². The second-order valence-corrected chi connectivity index (χ2v) is 21.3. The van der Waals surface area contributed by atoms with Gasteiger partial charge in [-0.15, -0.1) is 0 Å². The molecule has 53 heavy (non-hydrogen) atoms. The summed E-state index contributed by atoms with van der Waals surface area (Å²) < 4.78 is 6.21. The van der Waals surface area contributed by atoms with E-state index in [9.17, 15) is 19.5 Å². The number of carbonyl (C=O) groups excluding carboxylic acids is 2. The van der Waals surface area contributed by atoms with E-state index in [0.717, 1.165) is 71.1 Å². The van der Waals surface area contributed by atoms with Crippen molar-refractivity contribution in [3.63, 3.8) is 0 Å². The minimum absolute atomic E-state index is 0.0800. The Hall–Kier alpha value is -1.89. The zero-order chi connectivity index (χ0) is 38.9. The van der Waals surface area contributed by atoms with E-state index in [1.165, 1.54) is 44.1 Å². The van der Waals surface area contributed by atoms with Crippen LogP contribution >= 0.6 is 0 Å². The van der Waals surface area contributed by atoms with E-state index in [-0.39, 0.29) is 45.6 Å². The molecule has 1 N–H and O–H groups in total. The van der Waals surface area contributed by atoms with Crippen molar-refractivity contribution < 1.29 is 24.2 Å². The molecule has 0 aromatic rings. The Kier molecular flexibility index (Phi) is 11.0. The van der Waals surface area contributed by atoms with Crippen LogP contribution in [0.3, 0.4) is 0 Å². The van der Waals surface area contributed by atoms with Crippen LogP contribution in [0.1, 0.15) is 159 Å². The molecule has 7 heteroatoms. The molecule has 0 aromatic heterocycles. The van der Waals surface area contributed by atoms with Crippen molar-refractivity contribution >= 4 is 17.8 Å². The number of aliphatic carboxylic acids is 1. The van der Waals surface area contributed by atoms with Crippen molar-refractivity contribution in [2.24, 2.45) is 62.1 Å². The van der Waals surface area contributed by atoms with Crippen molar-refractivity contribution in [2.45, 2.75) is 171 Å². The van der Waals surface area contributed by atoms with Gasteiger partial charge in [0.2, 0.25) is 5.91 Å². The highest BCUT2D eigenvalue weighted by Gasteiger charge is 2.71. The minimum Gasteiger partial charge on any atom is -0.481 e. The summed E-state index contributed by atoms with van der Waals surface area (Å²) in [6.45, 7) is 31.1. The number of fused-ring (bicyclic) bond motifs is 7. The van der Waals surface area contributed by atoms with Crippen LogP contribution in [-0.2, 0) is 19.1 Å². The molecule has 0 spiro atoms. The van der Waals surface area contributed by atoms with Crippen LogP contribution in [0.4, 0.5) is 0 Å². The molecule has 1 heterocycles. The summed E-state index contributed by atoms with van der Waals surface area (Å²) in [6, 6.07) is 0.356. The van der Waals surface area contributed by atoms with Gasteiger partial charge < -0.3 is 19.6 Å². The van der Waals surface area contributed by atoms with Crippen molar-refractivity contribution in [1.29, 1.82) is 0 Å². The summed E-state index contributed by atoms with van der Waals surface area (Å²) in [7, 11) is 0. The normalized spacial score (nSPS) is 41.9. The highest BCUT2D eigenvalue weighted by Crippen LogP contribution is 2.78. The summed E-state index contributed by atoms with van der Waals surface area (Å²) in [5.41, 5.74) is 0.641. The molecule has 5 aliphatic carbocycles. The molecule has 0 bridgehead atoms. The lowest BCUT2D eigenvalue weighted by molar-refractivity contribution is -0.250. The van der Waals surface area contributed by atoms with Gasteiger partial charge in [-0.1, -0.05) is 60.6 Å². The number of nitrogens with zero attached hydrogens (tertiary/aromatic N) is 2. The van der Waals surface area contributed by atoms with E-state index < -0.39 is 11.4 Å². The molecule has 1 saturated heterocycles. The third-order valence-electron chi connectivity index (χ3n) is 18.2. The van der Waals surface area contributed by atoms with Gasteiger partial charge in [0.25, 0.3) is 0 Å². The Morgan fingerprint density at radius 1 is 0.868 bits per heavy atom. The lowest BCUT2D eigenvalue weighted by Crippen LogP contribution is -2.67. The zero-order valence-electron chi connectivity index (χ0n) is 35.5. The quantitative estimate of drug-likeness (QED) is 0.168. The van der Waals surface area contributed by atoms with Crippen molar-refractivity contribution in [3.8, 4) is 0 Å². The zero-order valence-corrected chi connectivity index (χ0v) is 35.5. The van der Waals surface area contributed by atoms with Gasteiger partial charge in [0.1, 0.15) is 6.10 Å². The highest BCUT2D eigenvalue weighted by atomic mass is 16.5. The van der Waals surface area contributed by atoms with Gasteiger partial charge in [-0.2, -0.15) is 0 Å². The number of carboxylic acid groups (broad SMARTS) is 1. The molecular weight excluding hydrogens is 661 g/mol. The molecule has 300 valence electrons. The maximum absolute atomic E-state index is 14.5. The first-order chi connectivity index (χ1) is 24.7. The number of rotatable bonds is 11. The Bertz CT molecular complexity index is 1430. The standard InChI is InChI=1S/C46H76N2O5/c1-12-47(13-2)29-31-15-14-26-48(31)37(49)27-46-23-18-32(30(3)4)39(46)33-16-17-35-43(9)21-20-36(53-38(50)28-41(5,6)40(51)52)42(7,8)34(43)19-22-45(35,11)44(33,10)24-25-46/h31-36,39H,3,12-29H2,1-2,4-11H3,(H,51,52)/t31-,32-,33+,34-,35+,36-,39+,43-,44+,45+,46+/m0/s1. The summed E-state index contributed by atoms with van der Waals surface area (Å²) in [6.07, 6.45) is 14.1. The molecular formula is C46H76N2O5. The van der Waals surface area contributed by atoms with Crippen molar-refractivity contribution in [2.75, 3.05) is 26.2 Å². The van der Waals surface area contributed by atoms with Crippen LogP contribution in [0.15, 0.2) is 12.2 Å². The number of hydrogen-bond acceptors (Lipinski definition) is 5. The summed E-state index contributed by atoms with van der Waals surface area (Å²) >= 11 is 0. The van der Waals surface area contributed by atoms with Crippen molar-refractivity contribution in [1.82, 2.24) is 9.80 Å². The van der Waals surface area contributed by atoms with E-state index in [1.54, 1.807) is 13.8 Å². The fraction of sp³-hybridized carbons (Fsp3) is 0.891. The number of likely N-dealkylation sites (tertiary alicyclic amines) is 1. The van der Waals surface area contributed by atoms with Gasteiger partial charge in [-0.05, 0) is 162 Å². The topological polar surface area (TPSA) is 87.2 Å². The minimum atomic E-state index is -1.14. The molecule has 5 saturated carbocycles. The average Bonchev–Trinajstić information content (AvgIpc) is 3.70. The number of ether oxygens (including phenoxy) is 1. The van der Waals surface area contributed by atoms with Gasteiger partial charge in [0.15, 0.2) is 0 Å². The monoisotopic (exact) mass is 737 g/mol. The highest BCUT2D eigenvalue weighted by molar-refractivity contribution is 5.81. The number of amides is 1. The van der Waals surface area contributed by atoms with Crippen LogP contribution in [0.25, 0.3) is 0 Å². The number of carbonyl (C=O) groups is 3. The van der Waals surface area contributed by atoms with E-state index in [1.807, 2.05) is 0 Å². The predicted octanol–water partition coefficient (Wildman–Crippen LogP) is 9.78. The van der Waals surface area contributed by atoms with Crippen LogP contribution in [0.2, 0.25) is 0 Å². The second-order valence-electron chi connectivity index (χ2n) is 21.3. The van der Waals surface area contributed by atoms with Gasteiger partial charge in [-0.3, -0.25) is 14.4 Å². The SMILES string of the molecule is C=C(C)[C@@H]1CC[C@]2(CC(=O)N3CCC[C@H]3CN(CC)CC)CC[C@]3(C)[C@H](CC[C@@H]4[C@@]5(C)CC[C@H](OC(=O)CC(C)(C)C(=O)O)C(C)(C)[C@@H]5CC[C@]43C)[C@@H]12. The lowest BCUT2D eigenvalue weighted by Gasteiger charge is -2.73. The molecule has 0 radical (unpaired) electrons. The Morgan fingerprint density at radius 3 is 2.21 bits per heavy atom. The first-order valence-electron chi connectivity index (χ1n) is 21.8. The van der Waals surface area contributed by atoms with E-state index >= 15 is 0 Å². The number of likely N-dealkylation sites (N-methyl/N-ethyl adjacent to an activating group) is 1. The first-order valence-corrected chi connectivity index (χ1v) is 21.8. The molecule has 0 aromatic carbocycles. The van der Waals surface area contributed by atoms with Crippen LogP contribution < -0.4 is 0 Å². The van der Waals surface area contributed by atoms with Crippen LogP contribution in [-0.4, -0.2) is 71.1 Å². The molecule has 11 atom stereocenters. The average molecular weight is 737 g/mol. The third kappa shape index (κ3) is 6.55. The van der Waals surface area contributed by atoms with Crippen LogP contribution in [0.5, 0.6) is 0 Å². The van der Waals surface area contributed by atoms with Gasteiger partial charge in [0.05, 0.1) is 11.8 Å². The summed E-state index contributed by atoms with van der Waals surface area (Å²) in [4.78, 5) is 44.2. The first kappa shape index (κ1) is 40.8. The molecule has 6 aliphatic rings. The number of carboxylic acids is 1. The predicted molar refractivity (Wildman–Crippen MR) is 212 cm³/mol. The largest absolute Gasteiger partial charge is 0.481 e. The Morgan fingerprint density at radius 2 is 1.57 bits per heavy atom. The Balaban J connectivity index is 1.23. The van der Waals surface area contributed by atoms with Crippen LogP contribution in [0, 0.1) is 62.1 Å². The molecule has 7 nitrogen and oxygen atoms in total. The number of esters is 1. The molecule has 1 aliphatic heterocycles. The second kappa shape index (κ2) is 14.2. The van der Waals surface area contributed by atoms with Gasteiger partial charge in [0, 0.05) is 31.0 Å².